The van der Waals surface area contributed by atoms with Crippen LogP contribution in [-0.4, -0.2) is 35.9 Å². The number of benzene rings is 2. The number of allylic oxidation sites excluding steroid dienone is 1. The molecule has 1 amide bonds. The molecular formula is C22H19FN2O5S. The Hall–Kier alpha value is -3.59. The zero-order valence-corrected chi connectivity index (χ0v) is 17.4. The fourth-order valence-electron chi connectivity index (χ4n) is 2.79. The van der Waals surface area contributed by atoms with E-state index in [9.17, 15) is 14.0 Å². The summed E-state index contributed by atoms with van der Waals surface area (Å²) in [5.74, 6) is -1.14. The molecule has 0 atom stereocenters. The summed E-state index contributed by atoms with van der Waals surface area (Å²) >= 11 is 1.15. The molecule has 0 radical (unpaired) electrons. The highest BCUT2D eigenvalue weighted by atomic mass is 32.2. The van der Waals surface area contributed by atoms with Gasteiger partial charge in [-0.2, -0.15) is 0 Å². The summed E-state index contributed by atoms with van der Waals surface area (Å²) in [4.78, 5) is 28.0. The van der Waals surface area contributed by atoms with Gasteiger partial charge in [-0.3, -0.25) is 4.79 Å². The molecule has 0 spiro atoms. The first-order chi connectivity index (χ1) is 14.9. The summed E-state index contributed by atoms with van der Waals surface area (Å²) in [6.45, 7) is 3.20. The van der Waals surface area contributed by atoms with E-state index in [0.29, 0.717) is 44.8 Å². The minimum atomic E-state index is -1.11. The lowest BCUT2D eigenvalue weighted by Crippen LogP contribution is -2.19. The average Bonchev–Trinajstić information content (AvgIpc) is 3.07. The minimum Gasteiger partial charge on any atom is -0.493 e. The minimum absolute atomic E-state index is 0.314. The molecule has 31 heavy (non-hydrogen) atoms. The molecule has 0 unspecified atom stereocenters. The zero-order valence-electron chi connectivity index (χ0n) is 16.6. The van der Waals surface area contributed by atoms with E-state index in [0.717, 1.165) is 11.8 Å². The maximum absolute atomic E-state index is 13.0. The van der Waals surface area contributed by atoms with E-state index in [-0.39, 0.29) is 11.7 Å². The Balaban J connectivity index is 1.90. The summed E-state index contributed by atoms with van der Waals surface area (Å²) < 4.78 is 23.8. The summed E-state index contributed by atoms with van der Waals surface area (Å²) in [6.07, 6.45) is 3.74. The first kappa shape index (κ1) is 22.1. The van der Waals surface area contributed by atoms with Crippen LogP contribution in [0.5, 0.6) is 11.5 Å². The third kappa shape index (κ3) is 5.73. The van der Waals surface area contributed by atoms with Gasteiger partial charge >= 0.3 is 5.97 Å². The normalized spacial score (nSPS) is 15.7. The van der Waals surface area contributed by atoms with Crippen LogP contribution >= 0.6 is 11.8 Å². The number of carbonyl (C=O) groups excluding carboxylic acids is 1. The predicted octanol–water partition coefficient (Wildman–Crippen LogP) is 3.92. The van der Waals surface area contributed by atoms with E-state index in [4.69, 9.17) is 14.6 Å². The van der Waals surface area contributed by atoms with Crippen LogP contribution in [0.3, 0.4) is 0 Å². The van der Waals surface area contributed by atoms with Crippen LogP contribution in [0.15, 0.2) is 59.0 Å². The Labute approximate surface area is 182 Å². The quantitative estimate of drug-likeness (QED) is 0.475. The van der Waals surface area contributed by atoms with Crippen molar-refractivity contribution in [3.63, 3.8) is 0 Å². The second-order valence-corrected chi connectivity index (χ2v) is 7.38. The van der Waals surface area contributed by atoms with E-state index in [2.05, 4.69) is 16.9 Å². The number of methoxy groups -OCH3 is 1. The van der Waals surface area contributed by atoms with Crippen molar-refractivity contribution in [1.29, 1.82) is 0 Å². The topological polar surface area (TPSA) is 97.2 Å². The van der Waals surface area contributed by atoms with Gasteiger partial charge in [-0.1, -0.05) is 6.08 Å². The highest BCUT2D eigenvalue weighted by molar-refractivity contribution is 8.18. The third-order valence-corrected chi connectivity index (χ3v) is 4.99. The largest absolute Gasteiger partial charge is 0.493 e. The Morgan fingerprint density at radius 1 is 1.32 bits per heavy atom. The maximum Gasteiger partial charge on any atom is 0.341 e. The number of thioether (sulfide) groups is 1. The number of halogens is 1. The van der Waals surface area contributed by atoms with Gasteiger partial charge < -0.3 is 19.9 Å². The molecule has 0 aromatic heterocycles. The van der Waals surface area contributed by atoms with E-state index in [1.54, 1.807) is 24.3 Å². The SMILES string of the molecule is C=CCc1cc(/C=C2\SC(=Nc3ccc(F)cc3)NC2=O)cc(OC)c1OCC(=O)O. The van der Waals surface area contributed by atoms with Crippen LogP contribution < -0.4 is 14.8 Å². The number of amides is 1. The van der Waals surface area contributed by atoms with Gasteiger partial charge in [0.05, 0.1) is 17.7 Å². The number of hydrogen-bond donors (Lipinski definition) is 2. The Kier molecular flexibility index (Phi) is 7.09. The number of carboxylic acid groups (broad SMARTS) is 1. The molecule has 2 aromatic rings. The van der Waals surface area contributed by atoms with Crippen LogP contribution in [0.25, 0.3) is 6.08 Å². The van der Waals surface area contributed by atoms with Crippen molar-refractivity contribution in [2.45, 2.75) is 6.42 Å². The number of ether oxygens (including phenoxy) is 2. The number of carbonyl (C=O) groups is 2. The summed E-state index contributed by atoms with van der Waals surface area (Å²) in [7, 11) is 1.45. The van der Waals surface area contributed by atoms with Crippen molar-refractivity contribution >= 4 is 40.6 Å². The van der Waals surface area contributed by atoms with Crippen molar-refractivity contribution in [2.24, 2.45) is 4.99 Å². The summed E-state index contributed by atoms with van der Waals surface area (Å²) in [6, 6.07) is 9.03. The maximum atomic E-state index is 13.0. The van der Waals surface area contributed by atoms with Crippen LogP contribution in [0, 0.1) is 5.82 Å². The lowest BCUT2D eigenvalue weighted by atomic mass is 10.0. The van der Waals surface area contributed by atoms with Gasteiger partial charge in [-0.15, -0.1) is 6.58 Å². The number of nitrogens with one attached hydrogen (secondary N) is 1. The van der Waals surface area contributed by atoms with Crippen LogP contribution in [-0.2, 0) is 16.0 Å². The van der Waals surface area contributed by atoms with Gasteiger partial charge in [0, 0.05) is 5.56 Å². The number of carboxylic acids is 1. The second-order valence-electron chi connectivity index (χ2n) is 6.34. The molecule has 3 rings (SSSR count). The Morgan fingerprint density at radius 3 is 2.71 bits per heavy atom. The highest BCUT2D eigenvalue weighted by Crippen LogP contribution is 2.36. The lowest BCUT2D eigenvalue weighted by Gasteiger charge is -2.14. The standard InChI is InChI=1S/C22H19FN2O5S/c1-3-4-14-9-13(10-17(29-2)20(14)30-12-19(26)27)11-18-21(28)25-22(31-18)24-16-7-5-15(23)6-8-16/h3,5-11H,1,4,12H2,2H3,(H,26,27)(H,24,25,28)/b18-11-. The highest BCUT2D eigenvalue weighted by Gasteiger charge is 2.24. The van der Waals surface area contributed by atoms with Gasteiger partial charge in [0.1, 0.15) is 5.82 Å². The first-order valence-corrected chi connectivity index (χ1v) is 9.92. The predicted molar refractivity (Wildman–Crippen MR) is 117 cm³/mol. The molecule has 2 aromatic carbocycles. The van der Waals surface area contributed by atoms with Gasteiger partial charge in [0.15, 0.2) is 23.3 Å². The van der Waals surface area contributed by atoms with Crippen molar-refractivity contribution < 1.29 is 28.6 Å². The Morgan fingerprint density at radius 2 is 2.06 bits per heavy atom. The van der Waals surface area contributed by atoms with Crippen molar-refractivity contribution in [3.05, 3.63) is 70.9 Å². The number of aliphatic imine (C=N–C) groups is 1. The fraction of sp³-hybridized carbons (Fsp3) is 0.136. The van der Waals surface area contributed by atoms with Crippen molar-refractivity contribution in [2.75, 3.05) is 13.7 Å². The van der Waals surface area contributed by atoms with E-state index in [1.165, 1.54) is 31.4 Å². The monoisotopic (exact) mass is 442 g/mol. The molecule has 1 saturated heterocycles. The number of nitrogens with zero attached hydrogens (tertiary/aromatic N) is 1. The number of rotatable bonds is 8. The molecule has 0 aliphatic carbocycles. The smallest absolute Gasteiger partial charge is 0.341 e. The molecule has 2 N–H and O–H groups in total. The first-order valence-electron chi connectivity index (χ1n) is 9.11. The molecular weight excluding hydrogens is 423 g/mol. The molecule has 0 bridgehead atoms. The van der Waals surface area contributed by atoms with Crippen molar-refractivity contribution in [1.82, 2.24) is 5.32 Å². The molecule has 1 aliphatic heterocycles. The van der Waals surface area contributed by atoms with Crippen LogP contribution in [0.2, 0.25) is 0 Å². The molecule has 1 heterocycles. The fourth-order valence-corrected chi connectivity index (χ4v) is 3.63. The molecule has 160 valence electrons. The molecule has 1 fully saturated rings. The van der Waals surface area contributed by atoms with Gasteiger partial charge in [-0.05, 0) is 66.2 Å². The molecule has 9 heteroatoms. The van der Waals surface area contributed by atoms with Gasteiger partial charge in [0.25, 0.3) is 5.91 Å². The zero-order chi connectivity index (χ0) is 22.4. The van der Waals surface area contributed by atoms with Crippen LogP contribution in [0.1, 0.15) is 11.1 Å². The molecule has 1 aliphatic rings. The summed E-state index contributed by atoms with van der Waals surface area (Å²) in [5.41, 5.74) is 1.85. The Bertz CT molecular complexity index is 1080. The van der Waals surface area contributed by atoms with Crippen molar-refractivity contribution in [3.8, 4) is 11.5 Å². The number of aliphatic carboxylic acids is 1. The third-order valence-electron chi connectivity index (χ3n) is 4.08. The average molecular weight is 442 g/mol. The van der Waals surface area contributed by atoms with Crippen LogP contribution in [0.4, 0.5) is 10.1 Å². The van der Waals surface area contributed by atoms with E-state index >= 15 is 0 Å². The number of hydrogen-bond acceptors (Lipinski definition) is 6. The second kappa shape index (κ2) is 9.94. The van der Waals surface area contributed by atoms with E-state index in [1.807, 2.05) is 0 Å². The molecule has 0 saturated carbocycles. The van der Waals surface area contributed by atoms with E-state index < -0.39 is 12.6 Å². The van der Waals surface area contributed by atoms with Gasteiger partial charge in [-0.25, -0.2) is 14.2 Å². The summed E-state index contributed by atoms with van der Waals surface area (Å²) in [5, 5.41) is 12.0. The number of amidine groups is 1. The van der Waals surface area contributed by atoms with Gasteiger partial charge in [0.2, 0.25) is 0 Å². The lowest BCUT2D eigenvalue weighted by molar-refractivity contribution is -0.139. The molecule has 7 nitrogen and oxygen atoms in total.